The molecule has 1 amide bonds. The third-order valence-corrected chi connectivity index (χ3v) is 2.86. The summed E-state index contributed by atoms with van der Waals surface area (Å²) in [6, 6.07) is 13.2. The number of hydrogen-bond acceptors (Lipinski definition) is 3. The average Bonchev–Trinajstić information content (AvgIpc) is 2.48. The molecule has 0 unspecified atom stereocenters. The summed E-state index contributed by atoms with van der Waals surface area (Å²) in [6.45, 7) is 3.92. The van der Waals surface area contributed by atoms with Crippen LogP contribution in [0.5, 0.6) is 5.75 Å². The van der Waals surface area contributed by atoms with E-state index in [1.807, 2.05) is 56.3 Å². The van der Waals surface area contributed by atoms with Gasteiger partial charge in [-0.1, -0.05) is 18.2 Å². The van der Waals surface area contributed by atoms with E-state index in [4.69, 9.17) is 4.74 Å². The number of benzene rings is 1. The highest BCUT2D eigenvalue weighted by atomic mass is 16.5. The molecule has 0 aliphatic heterocycles. The molecule has 1 N–H and O–H groups in total. The Morgan fingerprint density at radius 1 is 1.19 bits per heavy atom. The fourth-order valence-corrected chi connectivity index (χ4v) is 1.93. The number of nitrogens with one attached hydrogen (secondary N) is 1. The van der Waals surface area contributed by atoms with Crippen LogP contribution in [0, 0.1) is 0 Å². The number of rotatable bonds is 6. The molecule has 2 rings (SSSR count). The van der Waals surface area contributed by atoms with Crippen LogP contribution in [-0.2, 0) is 11.2 Å². The maximum Gasteiger partial charge on any atom is 0.224 e. The second kappa shape index (κ2) is 7.43. The van der Waals surface area contributed by atoms with Gasteiger partial charge in [0.05, 0.1) is 11.8 Å². The van der Waals surface area contributed by atoms with Gasteiger partial charge >= 0.3 is 0 Å². The van der Waals surface area contributed by atoms with E-state index in [9.17, 15) is 4.79 Å². The Labute approximate surface area is 125 Å². The number of amides is 1. The van der Waals surface area contributed by atoms with Crippen LogP contribution >= 0.6 is 0 Å². The van der Waals surface area contributed by atoms with Gasteiger partial charge in [0.1, 0.15) is 5.75 Å². The van der Waals surface area contributed by atoms with Crippen molar-refractivity contribution in [3.63, 3.8) is 0 Å². The maximum absolute atomic E-state index is 12.0. The topological polar surface area (TPSA) is 51.2 Å². The minimum Gasteiger partial charge on any atom is -0.489 e. The molecule has 1 aromatic carbocycles. The summed E-state index contributed by atoms with van der Waals surface area (Å²) in [5.41, 5.74) is 1.62. The van der Waals surface area contributed by atoms with Gasteiger partial charge in [-0.15, -0.1) is 0 Å². The highest BCUT2D eigenvalue weighted by Gasteiger charge is 2.09. The van der Waals surface area contributed by atoms with Crippen LogP contribution in [0.25, 0.3) is 0 Å². The molecule has 110 valence electrons. The lowest BCUT2D eigenvalue weighted by Crippen LogP contribution is -2.15. The Morgan fingerprint density at radius 2 is 1.95 bits per heavy atom. The monoisotopic (exact) mass is 284 g/mol. The molecule has 0 aliphatic rings. The second-order valence-corrected chi connectivity index (χ2v) is 5.03. The van der Waals surface area contributed by atoms with Crippen molar-refractivity contribution in [3.05, 3.63) is 54.4 Å². The maximum atomic E-state index is 12.0. The van der Waals surface area contributed by atoms with Crippen molar-refractivity contribution < 1.29 is 9.53 Å². The zero-order valence-corrected chi connectivity index (χ0v) is 12.4. The largest absolute Gasteiger partial charge is 0.489 e. The van der Waals surface area contributed by atoms with Gasteiger partial charge in [0.15, 0.2) is 0 Å². The van der Waals surface area contributed by atoms with Gasteiger partial charge in [-0.3, -0.25) is 9.78 Å². The third kappa shape index (κ3) is 4.91. The van der Waals surface area contributed by atoms with E-state index in [2.05, 4.69) is 10.3 Å². The Hall–Kier alpha value is -2.36. The number of nitrogens with zero attached hydrogens (tertiary/aromatic N) is 1. The first kappa shape index (κ1) is 15.0. The molecule has 0 atom stereocenters. The molecule has 4 nitrogen and oxygen atoms in total. The van der Waals surface area contributed by atoms with E-state index in [1.54, 1.807) is 6.20 Å². The van der Waals surface area contributed by atoms with Gasteiger partial charge < -0.3 is 10.1 Å². The number of para-hydroxylation sites is 2. The minimum absolute atomic E-state index is 0.0412. The number of carbonyl (C=O) groups is 1. The first-order valence-electron chi connectivity index (χ1n) is 7.10. The third-order valence-electron chi connectivity index (χ3n) is 2.86. The first-order chi connectivity index (χ1) is 10.1. The lowest BCUT2D eigenvalue weighted by molar-refractivity contribution is -0.116. The Balaban J connectivity index is 1.93. The number of aromatic nitrogens is 1. The number of hydrogen-bond donors (Lipinski definition) is 1. The van der Waals surface area contributed by atoms with Crippen molar-refractivity contribution in [2.24, 2.45) is 0 Å². The summed E-state index contributed by atoms with van der Waals surface area (Å²) >= 11 is 0. The molecule has 0 bridgehead atoms. The molecule has 4 heteroatoms. The molecule has 0 fully saturated rings. The molecular weight excluding hydrogens is 264 g/mol. The average molecular weight is 284 g/mol. The molecule has 0 spiro atoms. The Kier molecular flexibility index (Phi) is 5.32. The summed E-state index contributed by atoms with van der Waals surface area (Å²) in [6.07, 6.45) is 2.82. The lowest BCUT2D eigenvalue weighted by Gasteiger charge is -2.14. The van der Waals surface area contributed by atoms with Gasteiger partial charge in [-0.05, 0) is 44.5 Å². The van der Waals surface area contributed by atoms with Crippen molar-refractivity contribution in [3.8, 4) is 5.75 Å². The van der Waals surface area contributed by atoms with E-state index in [-0.39, 0.29) is 12.0 Å². The van der Waals surface area contributed by atoms with E-state index in [0.717, 1.165) is 5.69 Å². The predicted octanol–water partition coefficient (Wildman–Crippen LogP) is 3.44. The van der Waals surface area contributed by atoms with Gasteiger partial charge in [-0.2, -0.15) is 0 Å². The summed E-state index contributed by atoms with van der Waals surface area (Å²) in [5, 5.41) is 2.89. The van der Waals surface area contributed by atoms with Crippen LogP contribution in [0.1, 0.15) is 26.0 Å². The Morgan fingerprint density at radius 3 is 2.67 bits per heavy atom. The van der Waals surface area contributed by atoms with Crippen molar-refractivity contribution in [2.75, 3.05) is 5.32 Å². The zero-order chi connectivity index (χ0) is 15.1. The van der Waals surface area contributed by atoms with E-state index in [0.29, 0.717) is 24.3 Å². The Bertz CT molecular complexity index is 582. The number of anilines is 1. The fourth-order valence-electron chi connectivity index (χ4n) is 1.93. The van der Waals surface area contributed by atoms with Crippen LogP contribution < -0.4 is 10.1 Å². The zero-order valence-electron chi connectivity index (χ0n) is 12.4. The fraction of sp³-hybridized carbons (Fsp3) is 0.294. The van der Waals surface area contributed by atoms with Crippen LogP contribution in [0.3, 0.4) is 0 Å². The normalized spacial score (nSPS) is 10.4. The molecule has 0 saturated heterocycles. The van der Waals surface area contributed by atoms with Crippen molar-refractivity contribution in [1.29, 1.82) is 0 Å². The minimum atomic E-state index is -0.0412. The van der Waals surface area contributed by atoms with Crippen LogP contribution in [0.2, 0.25) is 0 Å². The quantitative estimate of drug-likeness (QED) is 0.884. The number of aryl methyl sites for hydroxylation is 1. The summed E-state index contributed by atoms with van der Waals surface area (Å²) in [7, 11) is 0. The second-order valence-electron chi connectivity index (χ2n) is 5.03. The van der Waals surface area contributed by atoms with Crippen molar-refractivity contribution >= 4 is 11.6 Å². The molecular formula is C17H20N2O2. The van der Waals surface area contributed by atoms with E-state index >= 15 is 0 Å². The molecule has 2 aromatic rings. The predicted molar refractivity (Wildman–Crippen MR) is 83.4 cm³/mol. The summed E-state index contributed by atoms with van der Waals surface area (Å²) in [5.74, 6) is 0.652. The molecule has 21 heavy (non-hydrogen) atoms. The lowest BCUT2D eigenvalue weighted by atomic mass is 10.2. The van der Waals surface area contributed by atoms with Gasteiger partial charge in [0.25, 0.3) is 0 Å². The molecule has 0 aliphatic carbocycles. The van der Waals surface area contributed by atoms with Gasteiger partial charge in [0, 0.05) is 18.3 Å². The van der Waals surface area contributed by atoms with Crippen molar-refractivity contribution in [2.45, 2.75) is 32.8 Å². The SMILES string of the molecule is CC(C)Oc1ccccc1NC(=O)CCc1ccccn1. The summed E-state index contributed by atoms with van der Waals surface area (Å²) in [4.78, 5) is 16.2. The summed E-state index contributed by atoms with van der Waals surface area (Å²) < 4.78 is 5.68. The van der Waals surface area contributed by atoms with E-state index < -0.39 is 0 Å². The molecule has 0 saturated carbocycles. The van der Waals surface area contributed by atoms with Gasteiger partial charge in [0.2, 0.25) is 5.91 Å². The van der Waals surface area contributed by atoms with Crippen LogP contribution in [0.4, 0.5) is 5.69 Å². The molecule has 0 radical (unpaired) electrons. The number of pyridine rings is 1. The highest BCUT2D eigenvalue weighted by molar-refractivity contribution is 5.92. The molecule has 1 aromatic heterocycles. The first-order valence-corrected chi connectivity index (χ1v) is 7.10. The standard InChI is InChI=1S/C17H20N2O2/c1-13(2)21-16-9-4-3-8-15(16)19-17(20)11-10-14-7-5-6-12-18-14/h3-9,12-13H,10-11H2,1-2H3,(H,19,20). The van der Waals surface area contributed by atoms with Crippen molar-refractivity contribution in [1.82, 2.24) is 4.98 Å². The number of ether oxygens (including phenoxy) is 1. The molecule has 1 heterocycles. The van der Waals surface area contributed by atoms with E-state index in [1.165, 1.54) is 0 Å². The van der Waals surface area contributed by atoms with Crippen LogP contribution in [0.15, 0.2) is 48.7 Å². The smallest absolute Gasteiger partial charge is 0.224 e. The van der Waals surface area contributed by atoms with Crippen LogP contribution in [-0.4, -0.2) is 17.0 Å². The number of carbonyl (C=O) groups excluding carboxylic acids is 1. The highest BCUT2D eigenvalue weighted by Crippen LogP contribution is 2.25. The van der Waals surface area contributed by atoms with Gasteiger partial charge in [-0.25, -0.2) is 0 Å².